The number of hydrogen-bond acceptors (Lipinski definition) is 12. The number of aliphatic hydroxyl groups is 5. The summed E-state index contributed by atoms with van der Waals surface area (Å²) in [6.07, 6.45) is -3.78. The zero-order chi connectivity index (χ0) is 29.4. The maximum absolute atomic E-state index is 12.5. The van der Waals surface area contributed by atoms with Gasteiger partial charge in [-0.3, -0.25) is 18.6 Å². The van der Waals surface area contributed by atoms with Crippen LogP contribution in [-0.4, -0.2) is 128 Å². The zero-order valence-corrected chi connectivity index (χ0v) is 26.8. The van der Waals surface area contributed by atoms with Gasteiger partial charge in [-0.2, -0.15) is 0 Å². The van der Waals surface area contributed by atoms with E-state index >= 15 is 0 Å². The average Bonchev–Trinajstić information content (AvgIpc) is 2.90. The molecule has 0 aromatic rings. The van der Waals surface area contributed by atoms with Gasteiger partial charge in [0.05, 0.1) is 6.61 Å². The zero-order valence-electron chi connectivity index (χ0n) is 23.9. The van der Waals surface area contributed by atoms with Gasteiger partial charge in [0.25, 0.3) is 0 Å². The monoisotopic (exact) mass is 609 g/mol. The Morgan fingerprint density at radius 1 is 0.700 bits per heavy atom. The largest absolute Gasteiger partial charge is 0.472 e. The number of aliphatic hydroxyl groups excluding tert-OH is 5. The number of carbonyl (C=O) groups is 2. The minimum atomic E-state index is -5.07. The molecule has 0 amide bonds. The van der Waals surface area contributed by atoms with E-state index < -0.39 is 75.7 Å². The van der Waals surface area contributed by atoms with Crippen molar-refractivity contribution in [3.63, 3.8) is 0 Å². The van der Waals surface area contributed by atoms with Crippen molar-refractivity contribution >= 4 is 49.3 Å². The van der Waals surface area contributed by atoms with Gasteiger partial charge in [0.15, 0.2) is 6.10 Å². The van der Waals surface area contributed by atoms with E-state index in [-0.39, 0.29) is 42.4 Å². The molecule has 8 atom stereocenters. The maximum Gasteiger partial charge on any atom is 0.472 e. The summed E-state index contributed by atoms with van der Waals surface area (Å²) in [6, 6.07) is 0. The van der Waals surface area contributed by atoms with Crippen LogP contribution >= 0.6 is 7.82 Å². The van der Waals surface area contributed by atoms with Gasteiger partial charge >= 0.3 is 19.8 Å². The van der Waals surface area contributed by atoms with E-state index in [1.54, 1.807) is 0 Å². The van der Waals surface area contributed by atoms with E-state index in [0.717, 1.165) is 51.4 Å². The van der Waals surface area contributed by atoms with Crippen LogP contribution in [0.2, 0.25) is 0 Å². The Morgan fingerprint density at radius 3 is 1.65 bits per heavy atom. The molecule has 1 saturated carbocycles. The van der Waals surface area contributed by atoms with Gasteiger partial charge < -0.3 is 39.9 Å². The molecule has 1 rings (SSSR count). The number of hydrogen-bond donors (Lipinski definition) is 6. The molecule has 0 heterocycles. The molecular weight excluding hydrogens is 562 g/mol. The fourth-order valence-electron chi connectivity index (χ4n) is 4.05. The van der Waals surface area contributed by atoms with Crippen LogP contribution in [0.25, 0.3) is 0 Å². The van der Waals surface area contributed by atoms with Crippen molar-refractivity contribution < 1.29 is 63.1 Å². The van der Waals surface area contributed by atoms with Gasteiger partial charge in [-0.25, -0.2) is 4.57 Å². The molecule has 1 radical (unpaired) electrons. The molecule has 0 bridgehead atoms. The standard InChI is InChI=1S/C25H47O13P.Na/c1-3-5-7-9-11-13-18(26)35-15-17(37-19(27)14-12-10-8-6-4-2)16-36-39(33,34)38-25-23(31)21(29)20(28)22(30)24(25)32;/h17,20-25,28-32H,3-16H2,1-2H3,(H,33,34);/t17-,20?,21-,22+,23-,24-,25?;/m1./s1. The second kappa shape index (κ2) is 21.5. The van der Waals surface area contributed by atoms with Crippen LogP contribution < -0.4 is 0 Å². The molecule has 1 aliphatic rings. The molecule has 1 fully saturated rings. The Morgan fingerprint density at radius 2 is 1.15 bits per heavy atom. The van der Waals surface area contributed by atoms with E-state index in [4.69, 9.17) is 18.5 Å². The summed E-state index contributed by atoms with van der Waals surface area (Å²) in [4.78, 5) is 34.5. The van der Waals surface area contributed by atoms with Crippen molar-refractivity contribution in [1.29, 1.82) is 0 Å². The topological polar surface area (TPSA) is 210 Å². The van der Waals surface area contributed by atoms with Crippen LogP contribution in [0.4, 0.5) is 0 Å². The Labute approximate surface area is 258 Å². The fraction of sp³-hybridized carbons (Fsp3) is 0.920. The third-order valence-corrected chi connectivity index (χ3v) is 7.43. The minimum Gasteiger partial charge on any atom is -0.462 e. The first kappa shape index (κ1) is 39.8. The summed E-state index contributed by atoms with van der Waals surface area (Å²) >= 11 is 0. The molecule has 1 aliphatic carbocycles. The van der Waals surface area contributed by atoms with Gasteiger partial charge in [-0.1, -0.05) is 65.2 Å². The number of phosphoric ester groups is 1. The second-order valence-corrected chi connectivity index (χ2v) is 11.3. The number of carbonyl (C=O) groups excluding carboxylic acids is 2. The predicted molar refractivity (Wildman–Crippen MR) is 144 cm³/mol. The maximum atomic E-state index is 12.5. The quantitative estimate of drug-likeness (QED) is 0.0495. The third-order valence-electron chi connectivity index (χ3n) is 6.45. The van der Waals surface area contributed by atoms with Gasteiger partial charge in [-0.15, -0.1) is 0 Å². The molecule has 0 aromatic heterocycles. The van der Waals surface area contributed by atoms with Gasteiger partial charge in [0, 0.05) is 42.4 Å². The number of ether oxygens (including phenoxy) is 2. The molecule has 40 heavy (non-hydrogen) atoms. The summed E-state index contributed by atoms with van der Waals surface area (Å²) in [5.41, 5.74) is 0. The average molecular weight is 610 g/mol. The molecular formula is C25H47NaO13P. The van der Waals surface area contributed by atoms with Crippen LogP contribution in [-0.2, 0) is 32.7 Å². The number of rotatable bonds is 20. The smallest absolute Gasteiger partial charge is 0.462 e. The molecule has 6 N–H and O–H groups in total. The number of phosphoric acid groups is 1. The van der Waals surface area contributed by atoms with E-state index in [1.807, 2.05) is 0 Å². The summed E-state index contributed by atoms with van der Waals surface area (Å²) in [5, 5.41) is 49.3. The van der Waals surface area contributed by atoms with Crippen molar-refractivity contribution in [2.45, 2.75) is 134 Å². The van der Waals surface area contributed by atoms with E-state index in [2.05, 4.69) is 13.8 Å². The predicted octanol–water partition coefficient (Wildman–Crippen LogP) is 1.10. The number of unbranched alkanes of at least 4 members (excludes halogenated alkanes) is 8. The normalized spacial score (nSPS) is 26.8. The SMILES string of the molecule is CCCCCCCC(=O)OC[C@H](COP(=O)(O)OC1[C@H](O)[C@H](O)C(O)[C@H](O)[C@H]1O)OC(=O)CCCCCCC.[Na]. The summed E-state index contributed by atoms with van der Waals surface area (Å²) in [7, 11) is -5.07. The Balaban J connectivity index is 0.0000152. The molecule has 13 nitrogen and oxygen atoms in total. The molecule has 0 aromatic carbocycles. The van der Waals surface area contributed by atoms with Crippen LogP contribution in [0.5, 0.6) is 0 Å². The fourth-order valence-corrected chi connectivity index (χ4v) is 5.02. The van der Waals surface area contributed by atoms with E-state index in [9.17, 15) is 44.6 Å². The van der Waals surface area contributed by atoms with Crippen molar-refractivity contribution in [2.75, 3.05) is 13.2 Å². The van der Waals surface area contributed by atoms with Crippen molar-refractivity contribution in [1.82, 2.24) is 0 Å². The number of esters is 2. The Hall–Kier alpha value is -0.150. The molecule has 15 heteroatoms. The van der Waals surface area contributed by atoms with Crippen molar-refractivity contribution in [2.24, 2.45) is 0 Å². The van der Waals surface area contributed by atoms with Crippen LogP contribution in [0.15, 0.2) is 0 Å². The first-order chi connectivity index (χ1) is 18.4. The summed E-state index contributed by atoms with van der Waals surface area (Å²) in [6.45, 7) is 2.98. The Kier molecular flexibility index (Phi) is 21.4. The van der Waals surface area contributed by atoms with Crippen molar-refractivity contribution in [3.05, 3.63) is 0 Å². The summed E-state index contributed by atoms with van der Waals surface area (Å²) < 4.78 is 32.6. The van der Waals surface area contributed by atoms with E-state index in [0.29, 0.717) is 12.8 Å². The second-order valence-electron chi connectivity index (χ2n) is 9.91. The first-order valence-electron chi connectivity index (χ1n) is 13.8. The molecule has 3 unspecified atom stereocenters. The first-order valence-corrected chi connectivity index (χ1v) is 15.3. The Bertz CT molecular complexity index is 742. The van der Waals surface area contributed by atoms with Crippen LogP contribution in [0, 0.1) is 0 Å². The van der Waals surface area contributed by atoms with Gasteiger partial charge in [0.1, 0.15) is 43.2 Å². The van der Waals surface area contributed by atoms with Crippen molar-refractivity contribution in [3.8, 4) is 0 Å². The molecule has 231 valence electrons. The van der Waals surface area contributed by atoms with Gasteiger partial charge in [0.2, 0.25) is 0 Å². The molecule has 0 saturated heterocycles. The summed E-state index contributed by atoms with van der Waals surface area (Å²) in [5.74, 6) is -1.13. The van der Waals surface area contributed by atoms with Gasteiger partial charge in [-0.05, 0) is 12.8 Å². The molecule has 0 aliphatic heterocycles. The van der Waals surface area contributed by atoms with E-state index in [1.165, 1.54) is 0 Å². The van der Waals surface area contributed by atoms with Crippen LogP contribution in [0.1, 0.15) is 90.9 Å². The van der Waals surface area contributed by atoms with Crippen LogP contribution in [0.3, 0.4) is 0 Å². The molecule has 0 spiro atoms. The third kappa shape index (κ3) is 15.4. The minimum absolute atomic E-state index is 0.